The molecule has 76 valence electrons. The van der Waals surface area contributed by atoms with E-state index in [0.29, 0.717) is 0 Å². The largest absolute Gasteiger partial charge is 0.371 e. The maximum Gasteiger partial charge on any atom is 0.130 e. The summed E-state index contributed by atoms with van der Waals surface area (Å²) in [4.78, 5) is 8.78. The SMILES string of the molecule is CN(C)c1cc(N2CCCC2)ccn1. The van der Waals surface area contributed by atoms with E-state index in [-0.39, 0.29) is 0 Å². The van der Waals surface area contributed by atoms with Crippen LogP contribution in [0.1, 0.15) is 12.8 Å². The molecular weight excluding hydrogens is 174 g/mol. The molecule has 0 amide bonds. The number of anilines is 2. The summed E-state index contributed by atoms with van der Waals surface area (Å²) in [7, 11) is 4.05. The van der Waals surface area contributed by atoms with Crippen molar-refractivity contribution >= 4 is 11.5 Å². The van der Waals surface area contributed by atoms with Gasteiger partial charge in [0.2, 0.25) is 0 Å². The summed E-state index contributed by atoms with van der Waals surface area (Å²) >= 11 is 0. The molecule has 0 N–H and O–H groups in total. The fourth-order valence-corrected chi connectivity index (χ4v) is 1.82. The van der Waals surface area contributed by atoms with Crippen molar-refractivity contribution in [3.8, 4) is 0 Å². The van der Waals surface area contributed by atoms with E-state index in [2.05, 4.69) is 22.0 Å². The fraction of sp³-hybridized carbons (Fsp3) is 0.545. The summed E-state index contributed by atoms with van der Waals surface area (Å²) in [6.45, 7) is 2.38. The highest BCUT2D eigenvalue weighted by atomic mass is 15.2. The van der Waals surface area contributed by atoms with Gasteiger partial charge in [-0.2, -0.15) is 0 Å². The molecule has 0 atom stereocenters. The van der Waals surface area contributed by atoms with Gasteiger partial charge in [0.25, 0.3) is 0 Å². The number of rotatable bonds is 2. The first kappa shape index (κ1) is 9.31. The molecule has 1 aromatic heterocycles. The summed E-state index contributed by atoms with van der Waals surface area (Å²) in [6.07, 6.45) is 4.53. The van der Waals surface area contributed by atoms with E-state index in [4.69, 9.17) is 0 Å². The Morgan fingerprint density at radius 1 is 1.29 bits per heavy atom. The molecule has 1 fully saturated rings. The van der Waals surface area contributed by atoms with Crippen LogP contribution in [0.3, 0.4) is 0 Å². The Hall–Kier alpha value is -1.25. The first-order valence-corrected chi connectivity index (χ1v) is 5.16. The Kier molecular flexibility index (Phi) is 2.57. The minimum Gasteiger partial charge on any atom is -0.371 e. The normalized spacial score (nSPS) is 16.0. The van der Waals surface area contributed by atoms with Crippen LogP contribution >= 0.6 is 0 Å². The van der Waals surface area contributed by atoms with E-state index in [0.717, 1.165) is 5.82 Å². The molecule has 0 aliphatic carbocycles. The van der Waals surface area contributed by atoms with Crippen LogP contribution in [-0.2, 0) is 0 Å². The predicted octanol–water partition coefficient (Wildman–Crippen LogP) is 1.75. The molecule has 0 bridgehead atoms. The van der Waals surface area contributed by atoms with Gasteiger partial charge >= 0.3 is 0 Å². The summed E-state index contributed by atoms with van der Waals surface area (Å²) in [5, 5.41) is 0. The molecule has 1 aliphatic rings. The monoisotopic (exact) mass is 191 g/mol. The second-order valence-electron chi connectivity index (χ2n) is 3.96. The van der Waals surface area contributed by atoms with Crippen molar-refractivity contribution in [3.63, 3.8) is 0 Å². The molecule has 0 aromatic carbocycles. The molecule has 0 spiro atoms. The Morgan fingerprint density at radius 2 is 2.00 bits per heavy atom. The van der Waals surface area contributed by atoms with Crippen LogP contribution in [-0.4, -0.2) is 32.2 Å². The zero-order valence-electron chi connectivity index (χ0n) is 8.90. The van der Waals surface area contributed by atoms with Gasteiger partial charge in [-0.15, -0.1) is 0 Å². The van der Waals surface area contributed by atoms with Crippen molar-refractivity contribution < 1.29 is 0 Å². The molecule has 1 aliphatic heterocycles. The molecule has 1 aromatic rings. The first-order valence-electron chi connectivity index (χ1n) is 5.16. The van der Waals surface area contributed by atoms with Crippen LogP contribution in [0.25, 0.3) is 0 Å². The standard InChI is InChI=1S/C11H17N3/c1-13(2)11-9-10(5-6-12-11)14-7-3-4-8-14/h5-6,9H,3-4,7-8H2,1-2H3. The van der Waals surface area contributed by atoms with Gasteiger partial charge in [0.1, 0.15) is 5.82 Å². The van der Waals surface area contributed by atoms with E-state index in [1.54, 1.807) is 0 Å². The van der Waals surface area contributed by atoms with Crippen molar-refractivity contribution in [1.82, 2.24) is 4.98 Å². The smallest absolute Gasteiger partial charge is 0.130 e. The first-order chi connectivity index (χ1) is 6.77. The summed E-state index contributed by atoms with van der Waals surface area (Å²) in [5.74, 6) is 1.04. The molecule has 0 unspecified atom stereocenters. The summed E-state index contributed by atoms with van der Waals surface area (Å²) < 4.78 is 0. The maximum atomic E-state index is 4.31. The highest BCUT2D eigenvalue weighted by Gasteiger charge is 2.12. The fourth-order valence-electron chi connectivity index (χ4n) is 1.82. The highest BCUT2D eigenvalue weighted by Crippen LogP contribution is 2.22. The Morgan fingerprint density at radius 3 is 2.64 bits per heavy atom. The van der Waals surface area contributed by atoms with E-state index in [1.807, 2.05) is 25.2 Å². The minimum atomic E-state index is 1.04. The van der Waals surface area contributed by atoms with Crippen LogP contribution in [0.2, 0.25) is 0 Å². The zero-order valence-corrected chi connectivity index (χ0v) is 8.90. The van der Waals surface area contributed by atoms with Crippen molar-refractivity contribution in [2.24, 2.45) is 0 Å². The summed E-state index contributed by atoms with van der Waals surface area (Å²) in [6, 6.07) is 4.25. The van der Waals surface area contributed by atoms with Crippen molar-refractivity contribution in [1.29, 1.82) is 0 Å². The lowest BCUT2D eigenvalue weighted by Gasteiger charge is -2.19. The molecule has 0 saturated carbocycles. The zero-order chi connectivity index (χ0) is 9.97. The molecule has 0 radical (unpaired) electrons. The van der Waals surface area contributed by atoms with Gasteiger partial charge in [-0.3, -0.25) is 0 Å². The Labute approximate surface area is 85.4 Å². The quantitative estimate of drug-likeness (QED) is 0.710. The third-order valence-corrected chi connectivity index (χ3v) is 2.66. The van der Waals surface area contributed by atoms with Gasteiger partial charge in [0.05, 0.1) is 0 Å². The average Bonchev–Trinajstić information content (AvgIpc) is 2.71. The molecule has 3 heteroatoms. The van der Waals surface area contributed by atoms with Gasteiger partial charge in [-0.1, -0.05) is 0 Å². The number of hydrogen-bond donors (Lipinski definition) is 0. The third kappa shape index (κ3) is 1.81. The predicted molar refractivity (Wildman–Crippen MR) is 60.0 cm³/mol. The number of hydrogen-bond acceptors (Lipinski definition) is 3. The van der Waals surface area contributed by atoms with Crippen molar-refractivity contribution in [2.45, 2.75) is 12.8 Å². The van der Waals surface area contributed by atoms with Gasteiger partial charge in [-0.25, -0.2) is 4.98 Å². The second-order valence-corrected chi connectivity index (χ2v) is 3.96. The Bertz CT molecular complexity index is 303. The number of aromatic nitrogens is 1. The van der Waals surface area contributed by atoms with Crippen LogP contribution in [0.15, 0.2) is 18.3 Å². The molecule has 14 heavy (non-hydrogen) atoms. The van der Waals surface area contributed by atoms with Crippen molar-refractivity contribution in [2.75, 3.05) is 37.0 Å². The van der Waals surface area contributed by atoms with Gasteiger partial charge < -0.3 is 9.80 Å². The van der Waals surface area contributed by atoms with E-state index in [9.17, 15) is 0 Å². The van der Waals surface area contributed by atoms with Gasteiger partial charge in [-0.05, 0) is 18.9 Å². The average molecular weight is 191 g/mol. The molecule has 1 saturated heterocycles. The molecule has 3 nitrogen and oxygen atoms in total. The van der Waals surface area contributed by atoms with Crippen LogP contribution < -0.4 is 9.80 Å². The van der Waals surface area contributed by atoms with Crippen molar-refractivity contribution in [3.05, 3.63) is 18.3 Å². The number of nitrogens with zero attached hydrogens (tertiary/aromatic N) is 3. The lowest BCUT2D eigenvalue weighted by Crippen LogP contribution is -2.18. The molecule has 2 heterocycles. The van der Waals surface area contributed by atoms with Crippen LogP contribution in [0.4, 0.5) is 11.5 Å². The van der Waals surface area contributed by atoms with Crippen LogP contribution in [0, 0.1) is 0 Å². The highest BCUT2D eigenvalue weighted by molar-refractivity contribution is 5.54. The lowest BCUT2D eigenvalue weighted by molar-refractivity contribution is 0.949. The van der Waals surface area contributed by atoms with Gasteiger partial charge in [0.15, 0.2) is 0 Å². The second kappa shape index (κ2) is 3.86. The van der Waals surface area contributed by atoms with Crippen LogP contribution in [0.5, 0.6) is 0 Å². The minimum absolute atomic E-state index is 1.04. The van der Waals surface area contributed by atoms with Gasteiger partial charge in [0, 0.05) is 45.1 Å². The topological polar surface area (TPSA) is 19.4 Å². The molecular formula is C11H17N3. The Balaban J connectivity index is 2.21. The lowest BCUT2D eigenvalue weighted by atomic mass is 10.3. The van der Waals surface area contributed by atoms with E-state index < -0.39 is 0 Å². The summed E-state index contributed by atoms with van der Waals surface area (Å²) in [5.41, 5.74) is 1.31. The van der Waals surface area contributed by atoms with E-state index in [1.165, 1.54) is 31.6 Å². The van der Waals surface area contributed by atoms with E-state index >= 15 is 0 Å². The molecule has 2 rings (SSSR count). The maximum absolute atomic E-state index is 4.31. The number of pyridine rings is 1. The third-order valence-electron chi connectivity index (χ3n) is 2.66.